The Morgan fingerprint density at radius 2 is 1.57 bits per heavy atom. The molecule has 40 heavy (non-hydrogen) atoms. The van der Waals surface area contributed by atoms with Crippen LogP contribution in [0, 0.1) is 10.1 Å². The standard InChI is InChI=1S/C26H23BrN4O9/c1-37-21-11-16(12-22(38-2)24(21)39-3)25(33)28-14-23(32)30-29-13-17-10-18(27)6-9-20(17)40-26(34)15-4-7-19(8-5-15)31(35)36/h4-13H,14H2,1-3H3,(H,28,33)(H,30,32)/b29-13+. The number of amides is 2. The van der Waals surface area contributed by atoms with Crippen LogP contribution in [0.1, 0.15) is 26.3 Å². The van der Waals surface area contributed by atoms with E-state index >= 15 is 0 Å². The first-order valence-electron chi connectivity index (χ1n) is 11.3. The third-order valence-electron chi connectivity index (χ3n) is 5.22. The van der Waals surface area contributed by atoms with E-state index in [1.807, 2.05) is 0 Å². The van der Waals surface area contributed by atoms with Crippen LogP contribution in [0.2, 0.25) is 0 Å². The number of benzene rings is 3. The predicted octanol–water partition coefficient (Wildman–Crippen LogP) is 3.48. The number of hydrazone groups is 1. The molecule has 0 aromatic heterocycles. The van der Waals surface area contributed by atoms with Crippen LogP contribution in [-0.2, 0) is 4.79 Å². The normalized spacial score (nSPS) is 10.5. The van der Waals surface area contributed by atoms with Crippen molar-refractivity contribution in [3.63, 3.8) is 0 Å². The van der Waals surface area contributed by atoms with Gasteiger partial charge in [-0.1, -0.05) is 15.9 Å². The first-order chi connectivity index (χ1) is 19.2. The molecule has 0 atom stereocenters. The number of methoxy groups -OCH3 is 3. The lowest BCUT2D eigenvalue weighted by Gasteiger charge is -2.14. The van der Waals surface area contributed by atoms with Crippen molar-refractivity contribution in [2.75, 3.05) is 27.9 Å². The molecule has 0 unspecified atom stereocenters. The summed E-state index contributed by atoms with van der Waals surface area (Å²) in [6.07, 6.45) is 1.25. The maximum absolute atomic E-state index is 12.6. The average molecular weight is 615 g/mol. The minimum atomic E-state index is -0.745. The molecule has 0 saturated carbocycles. The van der Waals surface area contributed by atoms with Crippen molar-refractivity contribution in [2.24, 2.45) is 5.10 Å². The van der Waals surface area contributed by atoms with E-state index in [0.29, 0.717) is 15.8 Å². The van der Waals surface area contributed by atoms with Crippen LogP contribution in [0.3, 0.4) is 0 Å². The second-order valence-corrected chi connectivity index (χ2v) is 8.68. The van der Waals surface area contributed by atoms with Crippen LogP contribution in [0.15, 0.2) is 64.2 Å². The van der Waals surface area contributed by atoms with Crippen LogP contribution in [0.4, 0.5) is 5.69 Å². The molecule has 208 valence electrons. The molecule has 0 fully saturated rings. The number of halogens is 1. The highest BCUT2D eigenvalue weighted by Crippen LogP contribution is 2.38. The summed E-state index contributed by atoms with van der Waals surface area (Å²) >= 11 is 3.32. The van der Waals surface area contributed by atoms with E-state index in [-0.39, 0.29) is 34.1 Å². The van der Waals surface area contributed by atoms with Gasteiger partial charge in [0.15, 0.2) is 11.5 Å². The highest BCUT2D eigenvalue weighted by atomic mass is 79.9. The van der Waals surface area contributed by atoms with Gasteiger partial charge in [-0.05, 0) is 42.5 Å². The van der Waals surface area contributed by atoms with Gasteiger partial charge in [0, 0.05) is 27.7 Å². The van der Waals surface area contributed by atoms with E-state index in [1.54, 1.807) is 12.1 Å². The molecule has 13 nitrogen and oxygen atoms in total. The summed E-state index contributed by atoms with van der Waals surface area (Å²) < 4.78 is 21.7. The molecule has 3 aromatic carbocycles. The number of nitro benzene ring substituents is 1. The molecule has 0 saturated heterocycles. The third-order valence-corrected chi connectivity index (χ3v) is 5.71. The zero-order chi connectivity index (χ0) is 29.2. The molecule has 14 heteroatoms. The van der Waals surface area contributed by atoms with Gasteiger partial charge in [0.1, 0.15) is 5.75 Å². The molecule has 0 heterocycles. The molecule has 0 aliphatic carbocycles. The number of carbonyl (C=O) groups excluding carboxylic acids is 3. The minimum Gasteiger partial charge on any atom is -0.493 e. The lowest BCUT2D eigenvalue weighted by atomic mass is 10.1. The van der Waals surface area contributed by atoms with Crippen LogP contribution in [0.25, 0.3) is 0 Å². The zero-order valence-corrected chi connectivity index (χ0v) is 23.0. The van der Waals surface area contributed by atoms with E-state index in [4.69, 9.17) is 18.9 Å². The lowest BCUT2D eigenvalue weighted by molar-refractivity contribution is -0.384. The largest absolute Gasteiger partial charge is 0.493 e. The smallest absolute Gasteiger partial charge is 0.343 e. The molecular formula is C26H23BrN4O9. The van der Waals surface area contributed by atoms with Crippen molar-refractivity contribution in [1.82, 2.24) is 10.7 Å². The topological polar surface area (TPSA) is 168 Å². The molecule has 2 amide bonds. The quantitative estimate of drug-likeness (QED) is 0.108. The Labute approximate surface area is 236 Å². The van der Waals surface area contributed by atoms with E-state index in [0.717, 1.165) is 0 Å². The number of nitrogens with one attached hydrogen (secondary N) is 2. The van der Waals surface area contributed by atoms with E-state index < -0.39 is 29.3 Å². The minimum absolute atomic E-state index is 0.104. The number of rotatable bonds is 11. The number of nitro groups is 1. The van der Waals surface area contributed by atoms with Gasteiger partial charge in [-0.15, -0.1) is 0 Å². The highest BCUT2D eigenvalue weighted by Gasteiger charge is 2.18. The molecule has 0 aliphatic heterocycles. The van der Waals surface area contributed by atoms with Gasteiger partial charge in [0.2, 0.25) is 5.75 Å². The Bertz CT molecular complexity index is 1430. The van der Waals surface area contributed by atoms with Crippen molar-refractivity contribution in [2.45, 2.75) is 0 Å². The van der Waals surface area contributed by atoms with E-state index in [1.165, 1.54) is 70.0 Å². The van der Waals surface area contributed by atoms with Gasteiger partial charge in [-0.3, -0.25) is 19.7 Å². The number of non-ortho nitro benzene ring substituents is 1. The number of carbonyl (C=O) groups is 3. The Morgan fingerprint density at radius 1 is 0.925 bits per heavy atom. The summed E-state index contributed by atoms with van der Waals surface area (Å²) in [5.41, 5.74) is 2.74. The van der Waals surface area contributed by atoms with Gasteiger partial charge >= 0.3 is 5.97 Å². The summed E-state index contributed by atoms with van der Waals surface area (Å²) in [6.45, 7) is -0.396. The monoisotopic (exact) mass is 614 g/mol. The van der Waals surface area contributed by atoms with Crippen LogP contribution >= 0.6 is 15.9 Å². The fourth-order valence-electron chi connectivity index (χ4n) is 3.28. The zero-order valence-electron chi connectivity index (χ0n) is 21.4. The molecule has 0 spiro atoms. The highest BCUT2D eigenvalue weighted by molar-refractivity contribution is 9.10. The second kappa shape index (κ2) is 13.7. The molecule has 0 aliphatic rings. The van der Waals surface area contributed by atoms with Gasteiger partial charge in [0.05, 0.1) is 44.6 Å². The fraction of sp³-hybridized carbons (Fsp3) is 0.154. The molecule has 0 radical (unpaired) electrons. The number of ether oxygens (including phenoxy) is 4. The number of hydrogen-bond acceptors (Lipinski definition) is 10. The summed E-state index contributed by atoms with van der Waals surface area (Å²) in [4.78, 5) is 47.6. The van der Waals surface area contributed by atoms with Crippen molar-refractivity contribution < 1.29 is 38.3 Å². The molecule has 2 N–H and O–H groups in total. The number of esters is 1. The SMILES string of the molecule is COc1cc(C(=O)NCC(=O)N/N=C/c2cc(Br)ccc2OC(=O)c2ccc([N+](=O)[O-])cc2)cc(OC)c1OC. The summed E-state index contributed by atoms with van der Waals surface area (Å²) in [6, 6.07) is 12.6. The summed E-state index contributed by atoms with van der Waals surface area (Å²) in [5, 5.41) is 17.1. The Balaban J connectivity index is 1.62. The predicted molar refractivity (Wildman–Crippen MR) is 146 cm³/mol. The van der Waals surface area contributed by atoms with Gasteiger partial charge in [0.25, 0.3) is 17.5 Å². The first-order valence-corrected chi connectivity index (χ1v) is 12.1. The Morgan fingerprint density at radius 3 is 2.15 bits per heavy atom. The fourth-order valence-corrected chi connectivity index (χ4v) is 3.66. The Kier molecular flexibility index (Phi) is 10.1. The number of nitrogens with zero attached hydrogens (tertiary/aromatic N) is 2. The average Bonchev–Trinajstić information content (AvgIpc) is 2.96. The van der Waals surface area contributed by atoms with E-state index in [2.05, 4.69) is 31.8 Å². The lowest BCUT2D eigenvalue weighted by Crippen LogP contribution is -2.35. The summed E-state index contributed by atoms with van der Waals surface area (Å²) in [5.74, 6) is -0.938. The van der Waals surface area contributed by atoms with Gasteiger partial charge in [-0.2, -0.15) is 5.10 Å². The van der Waals surface area contributed by atoms with Crippen LogP contribution in [-0.4, -0.2) is 56.8 Å². The maximum atomic E-state index is 12.6. The number of hydrogen-bond donors (Lipinski definition) is 2. The van der Waals surface area contributed by atoms with Crippen molar-refractivity contribution in [3.8, 4) is 23.0 Å². The molecule has 3 rings (SSSR count). The van der Waals surface area contributed by atoms with Gasteiger partial charge in [-0.25, -0.2) is 10.2 Å². The Hall–Kier alpha value is -4.98. The molecule has 3 aromatic rings. The third kappa shape index (κ3) is 7.54. The van der Waals surface area contributed by atoms with Crippen LogP contribution < -0.4 is 29.7 Å². The second-order valence-electron chi connectivity index (χ2n) is 7.77. The molecular weight excluding hydrogens is 592 g/mol. The van der Waals surface area contributed by atoms with Crippen molar-refractivity contribution in [1.29, 1.82) is 0 Å². The van der Waals surface area contributed by atoms with Crippen molar-refractivity contribution >= 4 is 45.6 Å². The first kappa shape index (κ1) is 29.6. The van der Waals surface area contributed by atoms with Crippen LogP contribution in [0.5, 0.6) is 23.0 Å². The maximum Gasteiger partial charge on any atom is 0.343 e. The van der Waals surface area contributed by atoms with Crippen molar-refractivity contribution in [3.05, 3.63) is 85.9 Å². The molecule has 0 bridgehead atoms. The van der Waals surface area contributed by atoms with Gasteiger partial charge < -0.3 is 24.3 Å². The summed E-state index contributed by atoms with van der Waals surface area (Å²) in [7, 11) is 4.26. The van der Waals surface area contributed by atoms with E-state index in [9.17, 15) is 24.5 Å².